The Kier molecular flexibility index (Phi) is 6.96. The van der Waals surface area contributed by atoms with E-state index in [1.807, 2.05) is 13.8 Å². The van der Waals surface area contributed by atoms with Crippen LogP contribution in [0.1, 0.15) is 13.8 Å². The molecule has 0 atom stereocenters. The largest absolute Gasteiger partial charge is 0.573 e. The zero-order valence-electron chi connectivity index (χ0n) is 17.2. The Morgan fingerprint density at radius 3 is 2.48 bits per heavy atom. The minimum Gasteiger partial charge on any atom is -0.497 e. The van der Waals surface area contributed by atoms with Crippen molar-refractivity contribution < 1.29 is 27.4 Å². The van der Waals surface area contributed by atoms with E-state index in [0.29, 0.717) is 27.3 Å². The molecule has 2 N–H and O–H groups in total. The molecule has 0 fully saturated rings. The van der Waals surface area contributed by atoms with E-state index in [9.17, 15) is 13.2 Å². The fraction of sp³-hybridized carbons (Fsp3) is 0.300. The molecule has 3 aromatic rings. The summed E-state index contributed by atoms with van der Waals surface area (Å²) in [5.74, 6) is 0.842. The first-order chi connectivity index (χ1) is 14.7. The number of alkyl halides is 3. The summed E-state index contributed by atoms with van der Waals surface area (Å²) in [6.07, 6.45) is -3.70. The van der Waals surface area contributed by atoms with E-state index in [4.69, 9.17) is 9.47 Å². The van der Waals surface area contributed by atoms with Crippen molar-refractivity contribution in [3.05, 3.63) is 36.7 Å². The zero-order valence-corrected chi connectivity index (χ0v) is 18.0. The maximum Gasteiger partial charge on any atom is 0.573 e. The molecule has 0 unspecified atom stereocenters. The van der Waals surface area contributed by atoms with Crippen LogP contribution in [-0.4, -0.2) is 36.6 Å². The highest BCUT2D eigenvalue weighted by Gasteiger charge is 2.32. The Morgan fingerprint density at radius 1 is 1.06 bits per heavy atom. The fourth-order valence-electron chi connectivity index (χ4n) is 2.82. The predicted molar refractivity (Wildman–Crippen MR) is 113 cm³/mol. The van der Waals surface area contributed by atoms with Crippen LogP contribution in [0, 0.1) is 0 Å². The second kappa shape index (κ2) is 9.48. The highest BCUT2D eigenvalue weighted by molar-refractivity contribution is 7.97. The van der Waals surface area contributed by atoms with Gasteiger partial charge in [0.05, 0.1) is 29.8 Å². The molecule has 0 saturated heterocycles. The molecule has 0 aliphatic heterocycles. The number of nitrogens with one attached hydrogen (secondary N) is 2. The first kappa shape index (κ1) is 22.8. The normalized spacial score (nSPS) is 11.6. The number of hydrogen-bond donors (Lipinski definition) is 2. The molecule has 0 radical (unpaired) electrons. The number of hydrogen-bond acceptors (Lipinski definition) is 8. The number of nitrogens with zero attached hydrogens (tertiary/aromatic N) is 2. The van der Waals surface area contributed by atoms with E-state index in [1.54, 1.807) is 19.2 Å². The van der Waals surface area contributed by atoms with E-state index < -0.39 is 6.36 Å². The van der Waals surface area contributed by atoms with Crippen molar-refractivity contribution in [3.63, 3.8) is 0 Å². The van der Waals surface area contributed by atoms with Gasteiger partial charge >= 0.3 is 6.36 Å². The number of methoxy groups -OCH3 is 1. The molecule has 1 aromatic heterocycles. The minimum absolute atomic E-state index is 0.0869. The maximum absolute atomic E-state index is 12.9. The summed E-state index contributed by atoms with van der Waals surface area (Å²) >= 11 is 1.25. The third-order valence-electron chi connectivity index (χ3n) is 3.92. The van der Waals surface area contributed by atoms with Crippen LogP contribution in [-0.2, 0) is 0 Å². The number of anilines is 2. The van der Waals surface area contributed by atoms with Gasteiger partial charge in [0.2, 0.25) is 0 Å². The van der Waals surface area contributed by atoms with Crippen LogP contribution in [0.5, 0.6) is 17.2 Å². The van der Waals surface area contributed by atoms with Crippen molar-refractivity contribution >= 4 is 34.4 Å². The van der Waals surface area contributed by atoms with E-state index in [1.165, 1.54) is 43.6 Å². The second-order valence-electron chi connectivity index (χ2n) is 6.55. The Hall–Kier alpha value is -2.92. The van der Waals surface area contributed by atoms with Gasteiger partial charge in [-0.25, -0.2) is 9.97 Å². The highest BCUT2D eigenvalue weighted by Crippen LogP contribution is 2.39. The van der Waals surface area contributed by atoms with E-state index in [-0.39, 0.29) is 23.4 Å². The second-order valence-corrected chi connectivity index (χ2v) is 7.63. The van der Waals surface area contributed by atoms with Gasteiger partial charge in [-0.2, -0.15) is 0 Å². The molecule has 0 spiro atoms. The molecule has 2 aromatic carbocycles. The monoisotopic (exact) mass is 454 g/mol. The molecule has 1 heterocycles. The quantitative estimate of drug-likeness (QED) is 0.445. The average Bonchev–Trinajstić information content (AvgIpc) is 2.68. The van der Waals surface area contributed by atoms with Crippen LogP contribution in [0.3, 0.4) is 0 Å². The zero-order chi connectivity index (χ0) is 22.6. The fourth-order valence-corrected chi connectivity index (χ4v) is 3.37. The molecule has 11 heteroatoms. The van der Waals surface area contributed by atoms with E-state index in [2.05, 4.69) is 24.7 Å². The molecule has 3 rings (SSSR count). The summed E-state index contributed by atoms with van der Waals surface area (Å²) in [5, 5.41) is 3.45. The van der Waals surface area contributed by atoms with Gasteiger partial charge in [0.15, 0.2) is 5.75 Å². The molecule has 0 aliphatic carbocycles. The number of rotatable bonds is 8. The van der Waals surface area contributed by atoms with Crippen LogP contribution >= 0.6 is 11.9 Å². The summed E-state index contributed by atoms with van der Waals surface area (Å²) in [5.41, 5.74) is 0.593. The number of halogens is 3. The van der Waals surface area contributed by atoms with Crippen LogP contribution in [0.4, 0.5) is 24.7 Å². The molecule has 0 bridgehead atoms. The van der Waals surface area contributed by atoms with Crippen LogP contribution in [0.15, 0.2) is 41.6 Å². The number of aromatic nitrogens is 2. The summed E-state index contributed by atoms with van der Waals surface area (Å²) < 4.78 is 57.1. The Bertz CT molecular complexity index is 1060. The van der Waals surface area contributed by atoms with Crippen molar-refractivity contribution in [1.29, 1.82) is 0 Å². The predicted octanol–water partition coefficient (Wildman–Crippen LogP) is 5.29. The van der Waals surface area contributed by atoms with Crippen molar-refractivity contribution in [2.45, 2.75) is 31.2 Å². The average molecular weight is 454 g/mol. The Morgan fingerprint density at radius 2 is 1.84 bits per heavy atom. The SMILES string of the molecule is CNSc1ccc(OC(F)(F)F)c(Nc2ncnc3cc(OC)cc(OC(C)C)c23)c1. The Labute approximate surface area is 181 Å². The third kappa shape index (κ3) is 5.82. The summed E-state index contributed by atoms with van der Waals surface area (Å²) in [6, 6.07) is 7.66. The lowest BCUT2D eigenvalue weighted by atomic mass is 10.2. The van der Waals surface area contributed by atoms with Crippen molar-refractivity contribution in [2.75, 3.05) is 19.5 Å². The minimum atomic E-state index is -4.85. The molecular weight excluding hydrogens is 433 g/mol. The van der Waals surface area contributed by atoms with Gasteiger partial charge in [0.25, 0.3) is 0 Å². The lowest BCUT2D eigenvalue weighted by Gasteiger charge is -2.18. The van der Waals surface area contributed by atoms with Crippen LogP contribution < -0.4 is 24.2 Å². The van der Waals surface area contributed by atoms with Gasteiger partial charge < -0.3 is 19.5 Å². The van der Waals surface area contributed by atoms with Crippen molar-refractivity contribution in [3.8, 4) is 17.2 Å². The van der Waals surface area contributed by atoms with E-state index in [0.717, 1.165) is 0 Å². The van der Waals surface area contributed by atoms with Crippen molar-refractivity contribution in [1.82, 2.24) is 14.7 Å². The van der Waals surface area contributed by atoms with Gasteiger partial charge in [-0.15, -0.1) is 13.2 Å². The van der Waals surface area contributed by atoms with E-state index >= 15 is 0 Å². The first-order valence-electron chi connectivity index (χ1n) is 9.20. The standard InChI is InChI=1S/C20H21F3N4O3S/c1-11(2)29-17-8-12(28-4)7-15-18(17)19(26-10-25-15)27-14-9-13(31-24-3)5-6-16(14)30-20(21,22)23/h5-11,24H,1-4H3,(H,25,26,27). The van der Waals surface area contributed by atoms with Crippen LogP contribution in [0.25, 0.3) is 10.9 Å². The van der Waals surface area contributed by atoms with Gasteiger partial charge in [0.1, 0.15) is 23.6 Å². The number of ether oxygens (including phenoxy) is 3. The van der Waals surface area contributed by atoms with Gasteiger partial charge in [-0.05, 0) is 51.0 Å². The topological polar surface area (TPSA) is 77.5 Å². The molecule has 7 nitrogen and oxygen atoms in total. The van der Waals surface area contributed by atoms with Gasteiger partial charge in [-0.3, -0.25) is 4.72 Å². The lowest BCUT2D eigenvalue weighted by Crippen LogP contribution is -2.18. The highest BCUT2D eigenvalue weighted by atomic mass is 32.2. The molecule has 0 amide bonds. The molecular formula is C20H21F3N4O3S. The van der Waals surface area contributed by atoms with Gasteiger partial charge in [0, 0.05) is 17.0 Å². The number of benzene rings is 2. The summed E-state index contributed by atoms with van der Waals surface area (Å²) in [6.45, 7) is 3.71. The lowest BCUT2D eigenvalue weighted by molar-refractivity contribution is -0.274. The first-order valence-corrected chi connectivity index (χ1v) is 10.0. The smallest absolute Gasteiger partial charge is 0.497 e. The van der Waals surface area contributed by atoms with Crippen LogP contribution in [0.2, 0.25) is 0 Å². The summed E-state index contributed by atoms with van der Waals surface area (Å²) in [7, 11) is 3.23. The molecule has 166 valence electrons. The maximum atomic E-state index is 12.9. The molecule has 0 saturated carbocycles. The van der Waals surface area contributed by atoms with Gasteiger partial charge in [-0.1, -0.05) is 0 Å². The number of fused-ring (bicyclic) bond motifs is 1. The Balaban J connectivity index is 2.13. The summed E-state index contributed by atoms with van der Waals surface area (Å²) in [4.78, 5) is 9.17. The van der Waals surface area contributed by atoms with Crippen molar-refractivity contribution in [2.24, 2.45) is 0 Å². The third-order valence-corrected chi connectivity index (χ3v) is 4.62. The molecule has 0 aliphatic rings. The molecule has 31 heavy (non-hydrogen) atoms.